The first-order valence-electron chi connectivity index (χ1n) is 6.09. The minimum absolute atomic E-state index is 0.103. The predicted octanol–water partition coefficient (Wildman–Crippen LogP) is 2.29. The average Bonchev–Trinajstić information content (AvgIpc) is 2.37. The molecular weight excluding hydrogens is 296 g/mol. The molecule has 0 aliphatic carbocycles. The topological polar surface area (TPSA) is 67.5 Å². The van der Waals surface area contributed by atoms with Gasteiger partial charge >= 0.3 is 0 Å². The molecule has 0 unspecified atom stereocenters. The number of benzene rings is 1. The van der Waals surface area contributed by atoms with Gasteiger partial charge in [0.15, 0.2) is 0 Å². The number of nitrogens with two attached hydrogens (primary N) is 1. The normalized spacial score (nSPS) is 18.6. The van der Waals surface area contributed by atoms with Gasteiger partial charge in [-0.15, -0.1) is 0 Å². The lowest BCUT2D eigenvalue weighted by atomic mass is 9.90. The van der Waals surface area contributed by atoms with Crippen LogP contribution in [0, 0.1) is 6.92 Å². The van der Waals surface area contributed by atoms with Crippen molar-refractivity contribution >= 4 is 27.3 Å². The zero-order valence-corrected chi connectivity index (χ0v) is 12.1. The van der Waals surface area contributed by atoms with Crippen molar-refractivity contribution in [1.82, 2.24) is 0 Å². The van der Waals surface area contributed by atoms with E-state index in [-0.39, 0.29) is 12.1 Å². The predicted molar refractivity (Wildman–Crippen MR) is 76.8 cm³/mol. The van der Waals surface area contributed by atoms with Crippen molar-refractivity contribution < 1.29 is 9.84 Å². The molecule has 1 aliphatic rings. The Labute approximate surface area is 116 Å². The standard InChI is InChI=1S/C13H19BrN2O2/c1-9-6-12(10(14)7-11(9)15)16-13(8-17)2-4-18-5-3-13/h6-7,16-17H,2-5,8,15H2,1H3. The maximum absolute atomic E-state index is 9.66. The van der Waals surface area contributed by atoms with Gasteiger partial charge in [0.25, 0.3) is 0 Å². The summed E-state index contributed by atoms with van der Waals surface area (Å²) in [6.45, 7) is 3.44. The molecule has 0 amide bonds. The van der Waals surface area contributed by atoms with E-state index < -0.39 is 0 Å². The molecular formula is C13H19BrN2O2. The Hall–Kier alpha value is -0.780. The van der Waals surface area contributed by atoms with Gasteiger partial charge in [-0.3, -0.25) is 0 Å². The second kappa shape index (κ2) is 5.47. The average molecular weight is 315 g/mol. The maximum Gasteiger partial charge on any atom is 0.0663 e. The van der Waals surface area contributed by atoms with Crippen LogP contribution in [0.25, 0.3) is 0 Å². The van der Waals surface area contributed by atoms with E-state index in [9.17, 15) is 5.11 Å². The van der Waals surface area contributed by atoms with E-state index >= 15 is 0 Å². The zero-order valence-electron chi connectivity index (χ0n) is 10.5. The molecule has 0 atom stereocenters. The van der Waals surface area contributed by atoms with Crippen LogP contribution in [0.5, 0.6) is 0 Å². The molecule has 1 aromatic carbocycles. The lowest BCUT2D eigenvalue weighted by molar-refractivity contribution is 0.0380. The molecule has 1 aliphatic heterocycles. The second-order valence-electron chi connectivity index (χ2n) is 4.86. The molecule has 2 rings (SSSR count). The van der Waals surface area contributed by atoms with E-state index in [1.165, 1.54) is 0 Å². The van der Waals surface area contributed by atoms with Gasteiger partial charge in [-0.2, -0.15) is 0 Å². The molecule has 4 nitrogen and oxygen atoms in total. The molecule has 100 valence electrons. The molecule has 1 aromatic rings. The SMILES string of the molecule is Cc1cc(NC2(CO)CCOCC2)c(Br)cc1N. The summed E-state index contributed by atoms with van der Waals surface area (Å²) in [5.74, 6) is 0. The van der Waals surface area contributed by atoms with E-state index in [2.05, 4.69) is 21.2 Å². The number of aliphatic hydroxyl groups excluding tert-OH is 1. The Kier molecular flexibility index (Phi) is 4.14. The number of aryl methyl sites for hydroxylation is 1. The Morgan fingerprint density at radius 3 is 2.72 bits per heavy atom. The van der Waals surface area contributed by atoms with Crippen LogP contribution in [0.15, 0.2) is 16.6 Å². The van der Waals surface area contributed by atoms with Crippen LogP contribution in [0.4, 0.5) is 11.4 Å². The summed E-state index contributed by atoms with van der Waals surface area (Å²) in [6, 6.07) is 3.90. The summed E-state index contributed by atoms with van der Waals surface area (Å²) >= 11 is 3.51. The van der Waals surface area contributed by atoms with Crippen molar-refractivity contribution in [2.24, 2.45) is 0 Å². The third kappa shape index (κ3) is 2.79. The van der Waals surface area contributed by atoms with Crippen molar-refractivity contribution in [2.45, 2.75) is 25.3 Å². The number of anilines is 2. The summed E-state index contributed by atoms with van der Waals surface area (Å²) in [4.78, 5) is 0. The largest absolute Gasteiger partial charge is 0.398 e. The van der Waals surface area contributed by atoms with E-state index in [1.807, 2.05) is 19.1 Å². The fraction of sp³-hybridized carbons (Fsp3) is 0.538. The Bertz CT molecular complexity index is 431. The van der Waals surface area contributed by atoms with Crippen LogP contribution in [0.3, 0.4) is 0 Å². The van der Waals surface area contributed by atoms with E-state index in [1.54, 1.807) is 0 Å². The smallest absolute Gasteiger partial charge is 0.0663 e. The van der Waals surface area contributed by atoms with Crippen molar-refractivity contribution in [3.05, 3.63) is 22.2 Å². The summed E-state index contributed by atoms with van der Waals surface area (Å²) in [5.41, 5.74) is 8.33. The number of nitrogen functional groups attached to an aromatic ring is 1. The molecule has 0 aromatic heterocycles. The van der Waals surface area contributed by atoms with Crippen LogP contribution in [0.2, 0.25) is 0 Å². The lowest BCUT2D eigenvalue weighted by Crippen LogP contribution is -2.47. The molecule has 4 N–H and O–H groups in total. The van der Waals surface area contributed by atoms with Crippen LogP contribution < -0.4 is 11.1 Å². The number of nitrogens with one attached hydrogen (secondary N) is 1. The minimum Gasteiger partial charge on any atom is -0.398 e. The molecule has 1 heterocycles. The van der Waals surface area contributed by atoms with Crippen LogP contribution in [-0.4, -0.2) is 30.5 Å². The quantitative estimate of drug-likeness (QED) is 0.749. The van der Waals surface area contributed by atoms with Gasteiger partial charge < -0.3 is 20.9 Å². The second-order valence-corrected chi connectivity index (χ2v) is 5.72. The summed E-state index contributed by atoms with van der Waals surface area (Å²) in [7, 11) is 0. The summed E-state index contributed by atoms with van der Waals surface area (Å²) < 4.78 is 6.28. The van der Waals surface area contributed by atoms with Crippen molar-refractivity contribution in [2.75, 3.05) is 30.9 Å². The highest BCUT2D eigenvalue weighted by Crippen LogP contribution is 2.32. The molecule has 1 saturated heterocycles. The number of hydrogen-bond donors (Lipinski definition) is 3. The minimum atomic E-state index is -0.288. The summed E-state index contributed by atoms with van der Waals surface area (Å²) in [5, 5.41) is 13.1. The Morgan fingerprint density at radius 1 is 1.44 bits per heavy atom. The van der Waals surface area contributed by atoms with Gasteiger partial charge in [-0.05, 0) is 53.4 Å². The molecule has 0 radical (unpaired) electrons. The first-order chi connectivity index (χ1) is 8.56. The molecule has 0 bridgehead atoms. The fourth-order valence-corrected chi connectivity index (χ4v) is 2.62. The number of ether oxygens (including phenoxy) is 1. The highest BCUT2D eigenvalue weighted by atomic mass is 79.9. The number of rotatable bonds is 3. The third-order valence-corrected chi connectivity index (χ3v) is 4.16. The monoisotopic (exact) mass is 314 g/mol. The maximum atomic E-state index is 9.66. The first kappa shape index (κ1) is 13.6. The van der Waals surface area contributed by atoms with E-state index in [0.717, 1.165) is 34.3 Å². The van der Waals surface area contributed by atoms with E-state index in [0.29, 0.717) is 13.2 Å². The van der Waals surface area contributed by atoms with Gasteiger partial charge in [0.05, 0.1) is 12.1 Å². The van der Waals surface area contributed by atoms with Gasteiger partial charge in [0.2, 0.25) is 0 Å². The zero-order chi connectivity index (χ0) is 13.2. The Balaban J connectivity index is 2.24. The van der Waals surface area contributed by atoms with Crippen LogP contribution >= 0.6 is 15.9 Å². The van der Waals surface area contributed by atoms with Gasteiger partial charge in [0, 0.05) is 29.1 Å². The molecule has 18 heavy (non-hydrogen) atoms. The highest BCUT2D eigenvalue weighted by molar-refractivity contribution is 9.10. The third-order valence-electron chi connectivity index (χ3n) is 3.51. The van der Waals surface area contributed by atoms with Crippen molar-refractivity contribution in [3.8, 4) is 0 Å². The van der Waals surface area contributed by atoms with Gasteiger partial charge in [-0.1, -0.05) is 0 Å². The van der Waals surface area contributed by atoms with Crippen molar-refractivity contribution in [3.63, 3.8) is 0 Å². The summed E-state index contributed by atoms with van der Waals surface area (Å²) in [6.07, 6.45) is 1.61. The number of hydrogen-bond acceptors (Lipinski definition) is 4. The number of aliphatic hydroxyl groups is 1. The van der Waals surface area contributed by atoms with Crippen LogP contribution in [0.1, 0.15) is 18.4 Å². The fourth-order valence-electron chi connectivity index (χ4n) is 2.16. The molecule has 5 heteroatoms. The van der Waals surface area contributed by atoms with Gasteiger partial charge in [-0.25, -0.2) is 0 Å². The number of halogens is 1. The molecule has 0 spiro atoms. The highest BCUT2D eigenvalue weighted by Gasteiger charge is 2.32. The van der Waals surface area contributed by atoms with Crippen molar-refractivity contribution in [1.29, 1.82) is 0 Å². The Morgan fingerprint density at radius 2 is 2.11 bits per heavy atom. The van der Waals surface area contributed by atoms with E-state index in [4.69, 9.17) is 10.5 Å². The van der Waals surface area contributed by atoms with Crippen LogP contribution in [-0.2, 0) is 4.74 Å². The molecule has 0 saturated carbocycles. The first-order valence-corrected chi connectivity index (χ1v) is 6.88. The molecule has 1 fully saturated rings. The lowest BCUT2D eigenvalue weighted by Gasteiger charge is -2.37. The van der Waals surface area contributed by atoms with Gasteiger partial charge in [0.1, 0.15) is 0 Å².